The monoisotopic (exact) mass is 670 g/mol. The molecular weight excluding hydrogens is 616 g/mol. The summed E-state index contributed by atoms with van der Waals surface area (Å²) in [6.07, 6.45) is 14.5. The summed E-state index contributed by atoms with van der Waals surface area (Å²) >= 11 is 0. The van der Waals surface area contributed by atoms with Crippen LogP contribution in [0, 0.1) is 77.4 Å². The van der Waals surface area contributed by atoms with Gasteiger partial charge in [-0.05, 0) is 153 Å². The first-order chi connectivity index (χ1) is 23.2. The zero-order chi connectivity index (χ0) is 34.9. The van der Waals surface area contributed by atoms with Crippen molar-refractivity contribution in [2.75, 3.05) is 0 Å². The molecule has 5 aliphatic rings. The fourth-order valence-corrected chi connectivity index (χ4v) is 13.0. The molecule has 10 unspecified atom stereocenters. The molecule has 0 spiro atoms. The molecule has 0 amide bonds. The Morgan fingerprint density at radius 3 is 1.94 bits per heavy atom. The van der Waals surface area contributed by atoms with Gasteiger partial charge >= 0.3 is 0 Å². The molecule has 8 heteroatoms. The van der Waals surface area contributed by atoms with Crippen molar-refractivity contribution in [2.24, 2.45) is 57.2 Å². The summed E-state index contributed by atoms with van der Waals surface area (Å²) in [6, 6.07) is 13.0. The Morgan fingerprint density at radius 2 is 1.31 bits per heavy atom. The fraction of sp³-hybridized carbons (Fsp3) is 0.659. The Hall–Kier alpha value is -3.42. The predicted molar refractivity (Wildman–Crippen MR) is 190 cm³/mol. The third kappa shape index (κ3) is 5.56. The lowest BCUT2D eigenvalue weighted by Crippen LogP contribution is -2.63. The summed E-state index contributed by atoms with van der Waals surface area (Å²) in [5.41, 5.74) is 2.45. The minimum atomic E-state index is -0.378. The van der Waals surface area contributed by atoms with Gasteiger partial charge in [0.05, 0.1) is 16.1 Å². The zero-order valence-corrected chi connectivity index (χ0v) is 30.2. The first-order valence-electron chi connectivity index (χ1n) is 18.7. The number of hydrogen-bond acceptors (Lipinski definition) is 6. The average molecular weight is 671 g/mol. The Morgan fingerprint density at radius 1 is 0.714 bits per heavy atom. The van der Waals surface area contributed by atoms with Gasteiger partial charge in [0.25, 0.3) is 11.4 Å². The van der Waals surface area contributed by atoms with Crippen LogP contribution in [0.4, 0.5) is 11.4 Å². The molecule has 8 nitrogen and oxygen atoms in total. The lowest BCUT2D eigenvalue weighted by molar-refractivity contribution is -0.385. The van der Waals surface area contributed by atoms with Gasteiger partial charge in [-0.25, -0.2) is 0 Å². The highest BCUT2D eigenvalue weighted by Gasteiger charge is 2.67. The van der Waals surface area contributed by atoms with Crippen molar-refractivity contribution >= 4 is 11.4 Å². The van der Waals surface area contributed by atoms with E-state index in [1.54, 1.807) is 36.4 Å². The molecule has 264 valence electrons. The van der Waals surface area contributed by atoms with Crippen LogP contribution >= 0.6 is 0 Å². The number of non-ortho nitro benzene ring substituents is 2. The topological polar surface area (TPSA) is 105 Å². The molecule has 5 saturated carbocycles. The van der Waals surface area contributed by atoms with Crippen molar-refractivity contribution in [1.82, 2.24) is 0 Å². The molecular formula is C41H54N2O6. The fourth-order valence-electron chi connectivity index (χ4n) is 13.0. The number of ether oxygens (including phenoxy) is 2. The van der Waals surface area contributed by atoms with Crippen molar-refractivity contribution in [3.63, 3.8) is 0 Å². The van der Waals surface area contributed by atoms with Gasteiger partial charge in [0, 0.05) is 29.7 Å². The summed E-state index contributed by atoms with van der Waals surface area (Å²) in [5, 5.41) is 22.3. The maximum atomic E-state index is 11.2. The van der Waals surface area contributed by atoms with Crippen LogP contribution in [-0.2, 0) is 0 Å². The van der Waals surface area contributed by atoms with Gasteiger partial charge in [-0.2, -0.15) is 0 Å². The van der Waals surface area contributed by atoms with Gasteiger partial charge in [0.2, 0.25) is 0 Å². The maximum absolute atomic E-state index is 11.2. The SMILES string of the molecule is CC(=COc1ccc([N+](=O)[O-])cc1)C1CCC2(C)CCC3C(CCC4C3(C)CCC3C(C)(C)C(Oc5ccc([N+](=O)[O-])cc5)CCC34C)C12. The molecule has 2 aromatic rings. The predicted octanol–water partition coefficient (Wildman–Crippen LogP) is 10.9. The number of nitro benzene ring substituents is 2. The molecule has 0 saturated heterocycles. The van der Waals surface area contributed by atoms with E-state index in [1.807, 2.05) is 6.26 Å². The molecule has 7 rings (SSSR count). The Bertz CT molecular complexity index is 1620. The summed E-state index contributed by atoms with van der Waals surface area (Å²) in [4.78, 5) is 21.5. The highest BCUT2D eigenvalue weighted by Crippen LogP contribution is 2.73. The van der Waals surface area contributed by atoms with Crippen molar-refractivity contribution in [3.8, 4) is 11.5 Å². The van der Waals surface area contributed by atoms with Crippen molar-refractivity contribution < 1.29 is 19.3 Å². The van der Waals surface area contributed by atoms with Gasteiger partial charge in [0.15, 0.2) is 0 Å². The van der Waals surface area contributed by atoms with Crippen LogP contribution in [0.3, 0.4) is 0 Å². The second-order valence-electron chi connectivity index (χ2n) is 17.8. The second kappa shape index (κ2) is 12.1. The molecule has 0 N–H and O–H groups in total. The van der Waals surface area contributed by atoms with E-state index in [0.717, 1.165) is 24.0 Å². The van der Waals surface area contributed by atoms with Crippen LogP contribution in [0.15, 0.2) is 60.4 Å². The molecule has 0 heterocycles. The average Bonchev–Trinajstić information content (AvgIpc) is 3.43. The number of hydrogen-bond donors (Lipinski definition) is 0. The van der Waals surface area contributed by atoms with Crippen LogP contribution in [-0.4, -0.2) is 16.0 Å². The molecule has 5 aliphatic carbocycles. The molecule has 0 radical (unpaired) electrons. The third-order valence-corrected chi connectivity index (χ3v) is 15.3. The third-order valence-electron chi connectivity index (χ3n) is 15.3. The molecule has 49 heavy (non-hydrogen) atoms. The highest BCUT2D eigenvalue weighted by atomic mass is 16.6. The summed E-state index contributed by atoms with van der Waals surface area (Å²) in [5.74, 6) is 5.27. The van der Waals surface area contributed by atoms with Gasteiger partial charge in [-0.1, -0.05) is 34.6 Å². The van der Waals surface area contributed by atoms with E-state index >= 15 is 0 Å². The van der Waals surface area contributed by atoms with Gasteiger partial charge in [-0.3, -0.25) is 20.2 Å². The van der Waals surface area contributed by atoms with Crippen LogP contribution in [0.1, 0.15) is 106 Å². The van der Waals surface area contributed by atoms with Gasteiger partial charge in [-0.15, -0.1) is 0 Å². The Labute approximate surface area is 291 Å². The number of allylic oxidation sites excluding steroid dienone is 1. The number of nitrogens with zero attached hydrogens (tertiary/aromatic N) is 2. The summed E-state index contributed by atoms with van der Waals surface area (Å²) in [6.45, 7) is 14.9. The summed E-state index contributed by atoms with van der Waals surface area (Å²) in [7, 11) is 0. The molecule has 5 fully saturated rings. The molecule has 0 aliphatic heterocycles. The van der Waals surface area contributed by atoms with E-state index < -0.39 is 0 Å². The first-order valence-corrected chi connectivity index (χ1v) is 18.7. The molecule has 0 aromatic heterocycles. The minimum Gasteiger partial charge on any atom is -0.490 e. The quantitative estimate of drug-likeness (QED) is 0.165. The lowest BCUT2D eigenvalue weighted by Gasteiger charge is -2.69. The van der Waals surface area contributed by atoms with Crippen molar-refractivity contribution in [2.45, 2.75) is 112 Å². The Balaban J connectivity index is 1.09. The van der Waals surface area contributed by atoms with E-state index in [9.17, 15) is 20.2 Å². The molecule has 10 atom stereocenters. The van der Waals surface area contributed by atoms with E-state index in [4.69, 9.17) is 9.47 Å². The maximum Gasteiger partial charge on any atom is 0.269 e. The first kappa shape index (κ1) is 34.0. The van der Waals surface area contributed by atoms with Crippen molar-refractivity contribution in [3.05, 3.63) is 80.6 Å². The Kier molecular flexibility index (Phi) is 8.42. The number of nitro groups is 2. The largest absolute Gasteiger partial charge is 0.490 e. The highest BCUT2D eigenvalue weighted by molar-refractivity contribution is 5.37. The standard InChI is InChI=1S/C41H54N2O6/c1-26(25-48-29-11-7-27(8-12-29)42(44)45)31-17-21-39(4)22-18-33-32(37(31)39)15-16-35-40(33,5)23-19-34-38(2,3)36(20-24-41(34,35)6)49-30-13-9-28(10-14-30)43(46)47/h7-14,25,31-37H,15-24H2,1-6H3. The number of fused-ring (bicyclic) bond motifs is 7. The number of rotatable bonds is 7. The van der Waals surface area contributed by atoms with E-state index in [1.165, 1.54) is 75.5 Å². The van der Waals surface area contributed by atoms with Gasteiger partial charge < -0.3 is 9.47 Å². The van der Waals surface area contributed by atoms with Crippen LogP contribution in [0.2, 0.25) is 0 Å². The molecule has 0 bridgehead atoms. The second-order valence-corrected chi connectivity index (χ2v) is 17.8. The lowest BCUT2D eigenvalue weighted by atomic mass is 9.36. The normalized spacial score (nSPS) is 39.5. The van der Waals surface area contributed by atoms with E-state index in [-0.39, 0.29) is 38.2 Å². The van der Waals surface area contributed by atoms with Gasteiger partial charge in [0.1, 0.15) is 17.6 Å². The van der Waals surface area contributed by atoms with E-state index in [0.29, 0.717) is 40.3 Å². The summed E-state index contributed by atoms with van der Waals surface area (Å²) < 4.78 is 12.7. The van der Waals surface area contributed by atoms with Crippen LogP contribution < -0.4 is 9.47 Å². The van der Waals surface area contributed by atoms with Crippen molar-refractivity contribution in [1.29, 1.82) is 0 Å². The minimum absolute atomic E-state index is 0.000216. The smallest absolute Gasteiger partial charge is 0.269 e. The number of benzene rings is 2. The zero-order valence-electron chi connectivity index (χ0n) is 30.2. The molecule has 2 aromatic carbocycles. The van der Waals surface area contributed by atoms with Crippen LogP contribution in [0.25, 0.3) is 0 Å². The van der Waals surface area contributed by atoms with Crippen LogP contribution in [0.5, 0.6) is 11.5 Å². The van der Waals surface area contributed by atoms with E-state index in [2.05, 4.69) is 41.5 Å².